The van der Waals surface area contributed by atoms with Crippen molar-refractivity contribution in [2.24, 2.45) is 0 Å². The van der Waals surface area contributed by atoms with Crippen LogP contribution >= 0.6 is 34.2 Å². The first-order valence-electron chi connectivity index (χ1n) is 5.91. The molecular weight excluding hydrogens is 351 g/mol. The second-order valence-electron chi connectivity index (χ2n) is 4.62. The predicted octanol–water partition coefficient (Wildman–Crippen LogP) is 3.58. The van der Waals surface area contributed by atoms with Gasteiger partial charge in [-0.3, -0.25) is 0 Å². The molecule has 94 valence electrons. The summed E-state index contributed by atoms with van der Waals surface area (Å²) in [5, 5.41) is 0.567. The Labute approximate surface area is 120 Å². The zero-order chi connectivity index (χ0) is 12.4. The van der Waals surface area contributed by atoms with Gasteiger partial charge in [-0.2, -0.15) is 0 Å². The summed E-state index contributed by atoms with van der Waals surface area (Å²) >= 11 is 8.36. The van der Waals surface area contributed by atoms with Crippen molar-refractivity contribution in [1.29, 1.82) is 0 Å². The van der Waals surface area contributed by atoms with E-state index in [1.165, 1.54) is 0 Å². The third kappa shape index (κ3) is 3.29. The lowest BCUT2D eigenvalue weighted by atomic mass is 10.1. The van der Waals surface area contributed by atoms with Gasteiger partial charge in [-0.25, -0.2) is 9.97 Å². The van der Waals surface area contributed by atoms with E-state index in [1.807, 2.05) is 0 Å². The molecule has 1 unspecified atom stereocenters. The van der Waals surface area contributed by atoms with Gasteiger partial charge in [0, 0.05) is 13.0 Å². The molecule has 1 fully saturated rings. The van der Waals surface area contributed by atoms with Crippen molar-refractivity contribution < 1.29 is 4.74 Å². The van der Waals surface area contributed by atoms with Crippen molar-refractivity contribution in [3.63, 3.8) is 0 Å². The van der Waals surface area contributed by atoms with E-state index in [0.29, 0.717) is 11.1 Å². The number of nitrogens with zero attached hydrogens (tertiary/aromatic N) is 2. The molecule has 1 aromatic rings. The van der Waals surface area contributed by atoms with E-state index in [1.54, 1.807) is 0 Å². The van der Waals surface area contributed by atoms with Gasteiger partial charge in [0.05, 0.1) is 15.4 Å². The number of ether oxygens (including phenoxy) is 1. The van der Waals surface area contributed by atoms with E-state index in [9.17, 15) is 0 Å². The van der Waals surface area contributed by atoms with Gasteiger partial charge < -0.3 is 4.74 Å². The highest BCUT2D eigenvalue weighted by Crippen LogP contribution is 2.26. The molecule has 3 nitrogen and oxygen atoms in total. The van der Waals surface area contributed by atoms with Gasteiger partial charge in [0.15, 0.2) is 0 Å². The van der Waals surface area contributed by atoms with E-state index in [-0.39, 0.29) is 6.10 Å². The lowest BCUT2D eigenvalue weighted by Gasteiger charge is -2.13. The zero-order valence-corrected chi connectivity index (χ0v) is 13.0. The zero-order valence-electron chi connectivity index (χ0n) is 10.0. The Bertz CT molecular complexity index is 406. The molecule has 0 radical (unpaired) electrons. The fraction of sp³-hybridized carbons (Fsp3) is 0.667. The normalized spacial score (nSPS) is 20.2. The largest absolute Gasteiger partial charge is 0.378 e. The van der Waals surface area contributed by atoms with Gasteiger partial charge in [-0.1, -0.05) is 25.4 Å². The minimum absolute atomic E-state index is 0.270. The molecule has 0 aliphatic carbocycles. The average molecular weight is 367 g/mol. The first-order chi connectivity index (χ1) is 8.08. The predicted molar refractivity (Wildman–Crippen MR) is 76.5 cm³/mol. The first-order valence-corrected chi connectivity index (χ1v) is 7.37. The van der Waals surface area contributed by atoms with E-state index in [4.69, 9.17) is 16.3 Å². The molecule has 0 N–H and O–H groups in total. The third-order valence-corrected chi connectivity index (χ3v) is 4.52. The molecule has 0 spiro atoms. The van der Waals surface area contributed by atoms with Gasteiger partial charge in [0.2, 0.25) is 0 Å². The monoisotopic (exact) mass is 366 g/mol. The van der Waals surface area contributed by atoms with Crippen LogP contribution in [0.1, 0.15) is 44.1 Å². The van der Waals surface area contributed by atoms with Crippen LogP contribution in [-0.4, -0.2) is 22.7 Å². The smallest absolute Gasteiger partial charge is 0.146 e. The number of hydrogen-bond acceptors (Lipinski definition) is 3. The van der Waals surface area contributed by atoms with Gasteiger partial charge in [0.25, 0.3) is 0 Å². The summed E-state index contributed by atoms with van der Waals surface area (Å²) in [6.45, 7) is 5.10. The maximum Gasteiger partial charge on any atom is 0.146 e. The third-order valence-electron chi connectivity index (χ3n) is 2.86. The van der Waals surface area contributed by atoms with Crippen molar-refractivity contribution in [3.05, 3.63) is 20.2 Å². The van der Waals surface area contributed by atoms with Crippen LogP contribution in [0, 0.1) is 3.57 Å². The summed E-state index contributed by atoms with van der Waals surface area (Å²) < 4.78 is 6.57. The van der Waals surface area contributed by atoms with Crippen molar-refractivity contribution in [2.45, 2.75) is 45.1 Å². The Morgan fingerprint density at radius 3 is 2.82 bits per heavy atom. The average Bonchev–Trinajstić information content (AvgIpc) is 2.75. The van der Waals surface area contributed by atoms with Crippen molar-refractivity contribution in [1.82, 2.24) is 9.97 Å². The Kier molecular flexibility index (Phi) is 4.60. The topological polar surface area (TPSA) is 35.0 Å². The molecular formula is C12H16ClIN2O. The van der Waals surface area contributed by atoms with Crippen LogP contribution in [-0.2, 0) is 11.2 Å². The van der Waals surface area contributed by atoms with Crippen molar-refractivity contribution in [2.75, 3.05) is 6.61 Å². The SMILES string of the molecule is CC(C)c1nc(CC2CCCO2)nc(Cl)c1I. The quantitative estimate of drug-likeness (QED) is 0.606. The molecule has 0 amide bonds. The van der Waals surface area contributed by atoms with Crippen molar-refractivity contribution in [3.8, 4) is 0 Å². The van der Waals surface area contributed by atoms with Crippen LogP contribution in [0.4, 0.5) is 0 Å². The van der Waals surface area contributed by atoms with Crippen LogP contribution in [0.3, 0.4) is 0 Å². The molecule has 1 saturated heterocycles. The molecule has 1 aliphatic heterocycles. The Morgan fingerprint density at radius 2 is 2.24 bits per heavy atom. The van der Waals surface area contributed by atoms with Gasteiger partial charge >= 0.3 is 0 Å². The minimum Gasteiger partial charge on any atom is -0.378 e. The summed E-state index contributed by atoms with van der Waals surface area (Å²) in [7, 11) is 0. The van der Waals surface area contributed by atoms with Crippen LogP contribution in [0.25, 0.3) is 0 Å². The Hall–Kier alpha value is 0.0600. The summed E-state index contributed by atoms with van der Waals surface area (Å²) in [6, 6.07) is 0. The summed E-state index contributed by atoms with van der Waals surface area (Å²) in [5.74, 6) is 1.18. The number of aromatic nitrogens is 2. The molecule has 1 atom stereocenters. The second kappa shape index (κ2) is 5.80. The highest BCUT2D eigenvalue weighted by Gasteiger charge is 2.20. The molecule has 0 aromatic carbocycles. The molecule has 2 heterocycles. The standard InChI is InChI=1S/C12H16ClIN2O/c1-7(2)11-10(14)12(13)16-9(15-11)6-8-4-3-5-17-8/h7-8H,3-6H2,1-2H3. The fourth-order valence-corrected chi connectivity index (χ4v) is 3.02. The Balaban J connectivity index is 2.22. The number of hydrogen-bond donors (Lipinski definition) is 0. The molecule has 1 aromatic heterocycles. The molecule has 17 heavy (non-hydrogen) atoms. The molecule has 0 saturated carbocycles. The van der Waals surface area contributed by atoms with Crippen molar-refractivity contribution >= 4 is 34.2 Å². The van der Waals surface area contributed by atoms with E-state index in [0.717, 1.165) is 41.0 Å². The van der Waals surface area contributed by atoms with E-state index in [2.05, 4.69) is 46.4 Å². The minimum atomic E-state index is 0.270. The maximum atomic E-state index is 6.15. The van der Waals surface area contributed by atoms with E-state index >= 15 is 0 Å². The summed E-state index contributed by atoms with van der Waals surface area (Å²) in [4.78, 5) is 8.96. The van der Waals surface area contributed by atoms with E-state index < -0.39 is 0 Å². The van der Waals surface area contributed by atoms with Crippen LogP contribution < -0.4 is 0 Å². The van der Waals surface area contributed by atoms with Gasteiger partial charge in [0.1, 0.15) is 11.0 Å². The Morgan fingerprint density at radius 1 is 1.47 bits per heavy atom. The number of halogens is 2. The van der Waals surface area contributed by atoms with Gasteiger partial charge in [-0.05, 0) is 41.4 Å². The molecule has 0 bridgehead atoms. The summed E-state index contributed by atoms with van der Waals surface area (Å²) in [5.41, 5.74) is 1.04. The lowest BCUT2D eigenvalue weighted by Crippen LogP contribution is -2.14. The highest BCUT2D eigenvalue weighted by molar-refractivity contribution is 14.1. The van der Waals surface area contributed by atoms with Crippen LogP contribution in [0.5, 0.6) is 0 Å². The first kappa shape index (κ1) is 13.5. The van der Waals surface area contributed by atoms with Crippen LogP contribution in [0.2, 0.25) is 5.15 Å². The summed E-state index contributed by atoms with van der Waals surface area (Å²) in [6.07, 6.45) is 3.28. The molecule has 2 rings (SSSR count). The molecule has 1 aliphatic rings. The molecule has 5 heteroatoms. The van der Waals surface area contributed by atoms with Gasteiger partial charge in [-0.15, -0.1) is 0 Å². The number of rotatable bonds is 3. The second-order valence-corrected chi connectivity index (χ2v) is 6.06. The lowest BCUT2D eigenvalue weighted by molar-refractivity contribution is 0.110. The highest BCUT2D eigenvalue weighted by atomic mass is 127. The van der Waals surface area contributed by atoms with Crippen LogP contribution in [0.15, 0.2) is 0 Å². The maximum absolute atomic E-state index is 6.15. The fourth-order valence-electron chi connectivity index (χ4n) is 1.96.